The molecule has 0 radical (unpaired) electrons. The molecule has 1 aromatic carbocycles. The molecule has 0 aliphatic heterocycles. The average molecular weight is 358 g/mol. The molecular weight excluding hydrogens is 333 g/mol. The predicted molar refractivity (Wildman–Crippen MR) is 89.2 cm³/mol. The standard InChI is InChI=1S/C18H25F3N2O2/c1-17(2,3)25-16(24)23-14-9-13(10-14)22-15(11-18(19,20)21)12-7-5-4-6-8-12/h4-8,13-15,22H,9-11H2,1-3H3,(H,23,24). The van der Waals surface area contributed by atoms with E-state index in [1.54, 1.807) is 51.1 Å². The number of alkyl halides is 3. The Hall–Kier alpha value is -1.76. The number of hydrogen-bond acceptors (Lipinski definition) is 3. The Morgan fingerprint density at radius 1 is 1.16 bits per heavy atom. The molecule has 0 saturated heterocycles. The molecule has 0 bridgehead atoms. The summed E-state index contributed by atoms with van der Waals surface area (Å²) in [6.07, 6.45) is -4.49. The first-order valence-corrected chi connectivity index (χ1v) is 8.39. The molecule has 1 unspecified atom stereocenters. The molecule has 4 nitrogen and oxygen atoms in total. The molecule has 1 fully saturated rings. The van der Waals surface area contributed by atoms with Crippen molar-refractivity contribution in [2.24, 2.45) is 0 Å². The van der Waals surface area contributed by atoms with E-state index in [9.17, 15) is 18.0 Å². The highest BCUT2D eigenvalue weighted by atomic mass is 19.4. The number of alkyl carbamates (subject to hydrolysis) is 1. The van der Waals surface area contributed by atoms with Gasteiger partial charge in [-0.2, -0.15) is 13.2 Å². The summed E-state index contributed by atoms with van der Waals surface area (Å²) in [7, 11) is 0. The third-order valence-corrected chi connectivity index (χ3v) is 3.93. The van der Waals surface area contributed by atoms with Crippen molar-refractivity contribution in [3.8, 4) is 0 Å². The van der Waals surface area contributed by atoms with Gasteiger partial charge in [-0.05, 0) is 39.2 Å². The molecule has 1 atom stereocenters. The number of hydrogen-bond donors (Lipinski definition) is 2. The molecule has 1 amide bonds. The number of benzene rings is 1. The van der Waals surface area contributed by atoms with Crippen molar-refractivity contribution in [3.05, 3.63) is 35.9 Å². The SMILES string of the molecule is CC(C)(C)OC(=O)NC1CC(NC(CC(F)(F)F)c2ccccc2)C1. The van der Waals surface area contributed by atoms with Crippen LogP contribution in [0.25, 0.3) is 0 Å². The van der Waals surface area contributed by atoms with Crippen LogP contribution in [-0.2, 0) is 4.74 Å². The Morgan fingerprint density at radius 2 is 1.76 bits per heavy atom. The van der Waals surface area contributed by atoms with Gasteiger partial charge in [0.1, 0.15) is 5.60 Å². The van der Waals surface area contributed by atoms with Crippen LogP contribution in [0.3, 0.4) is 0 Å². The molecule has 0 spiro atoms. The van der Waals surface area contributed by atoms with E-state index in [2.05, 4.69) is 10.6 Å². The lowest BCUT2D eigenvalue weighted by Crippen LogP contribution is -2.54. The van der Waals surface area contributed by atoms with Crippen LogP contribution in [0.4, 0.5) is 18.0 Å². The van der Waals surface area contributed by atoms with Crippen LogP contribution in [0, 0.1) is 0 Å². The van der Waals surface area contributed by atoms with Gasteiger partial charge >= 0.3 is 12.3 Å². The predicted octanol–water partition coefficient (Wildman–Crippen LogP) is 4.33. The first-order valence-electron chi connectivity index (χ1n) is 8.39. The third-order valence-electron chi connectivity index (χ3n) is 3.93. The number of amides is 1. The van der Waals surface area contributed by atoms with Gasteiger partial charge in [0, 0.05) is 18.1 Å². The fourth-order valence-corrected chi connectivity index (χ4v) is 2.82. The van der Waals surface area contributed by atoms with Crippen molar-refractivity contribution in [2.75, 3.05) is 0 Å². The summed E-state index contributed by atoms with van der Waals surface area (Å²) >= 11 is 0. The Labute approximate surface area is 146 Å². The van der Waals surface area contributed by atoms with Gasteiger partial charge in [0.2, 0.25) is 0 Å². The van der Waals surface area contributed by atoms with Gasteiger partial charge in [-0.3, -0.25) is 0 Å². The molecule has 140 valence electrons. The molecule has 7 heteroatoms. The first kappa shape index (κ1) is 19.6. The van der Waals surface area contributed by atoms with E-state index in [1.807, 2.05) is 0 Å². The summed E-state index contributed by atoms with van der Waals surface area (Å²) < 4.78 is 43.7. The topological polar surface area (TPSA) is 50.4 Å². The molecule has 1 aliphatic carbocycles. The zero-order valence-corrected chi connectivity index (χ0v) is 14.7. The largest absolute Gasteiger partial charge is 0.444 e. The van der Waals surface area contributed by atoms with Crippen LogP contribution in [0.15, 0.2) is 30.3 Å². The summed E-state index contributed by atoms with van der Waals surface area (Å²) in [5.41, 5.74) is 0.0414. The van der Waals surface area contributed by atoms with Crippen molar-refractivity contribution >= 4 is 6.09 Å². The van der Waals surface area contributed by atoms with E-state index >= 15 is 0 Å². The van der Waals surface area contributed by atoms with Crippen LogP contribution in [-0.4, -0.2) is 30.0 Å². The Balaban J connectivity index is 1.85. The lowest BCUT2D eigenvalue weighted by Gasteiger charge is -2.39. The minimum Gasteiger partial charge on any atom is -0.444 e. The van der Waals surface area contributed by atoms with Crippen molar-refractivity contribution < 1.29 is 22.7 Å². The molecule has 1 aromatic rings. The van der Waals surface area contributed by atoms with Gasteiger partial charge in [-0.15, -0.1) is 0 Å². The van der Waals surface area contributed by atoms with Gasteiger partial charge in [0.05, 0.1) is 6.42 Å². The summed E-state index contributed by atoms with van der Waals surface area (Å²) in [5.74, 6) is 0. The first-order chi connectivity index (χ1) is 11.5. The maximum absolute atomic E-state index is 12.9. The van der Waals surface area contributed by atoms with Gasteiger partial charge in [0.25, 0.3) is 0 Å². The average Bonchev–Trinajstić information content (AvgIpc) is 2.41. The lowest BCUT2D eigenvalue weighted by atomic mass is 9.85. The van der Waals surface area contributed by atoms with E-state index in [-0.39, 0.29) is 12.1 Å². The summed E-state index contributed by atoms with van der Waals surface area (Å²) in [4.78, 5) is 11.7. The third kappa shape index (κ3) is 6.94. The molecule has 0 heterocycles. The fourth-order valence-electron chi connectivity index (χ4n) is 2.82. The Bertz CT molecular complexity index is 564. The zero-order chi connectivity index (χ0) is 18.7. The molecule has 0 aromatic heterocycles. The zero-order valence-electron chi connectivity index (χ0n) is 14.7. The van der Waals surface area contributed by atoms with Gasteiger partial charge in [0.15, 0.2) is 0 Å². The van der Waals surface area contributed by atoms with Crippen LogP contribution in [0.2, 0.25) is 0 Å². The Morgan fingerprint density at radius 3 is 2.28 bits per heavy atom. The van der Waals surface area contributed by atoms with E-state index in [0.717, 1.165) is 0 Å². The van der Waals surface area contributed by atoms with Crippen LogP contribution >= 0.6 is 0 Å². The highest BCUT2D eigenvalue weighted by Crippen LogP contribution is 2.32. The number of halogens is 3. The molecule has 25 heavy (non-hydrogen) atoms. The van der Waals surface area contributed by atoms with E-state index < -0.39 is 30.3 Å². The number of nitrogens with one attached hydrogen (secondary N) is 2. The number of ether oxygens (including phenoxy) is 1. The van der Waals surface area contributed by atoms with Gasteiger partial charge in [-0.1, -0.05) is 30.3 Å². The number of carbonyl (C=O) groups excluding carboxylic acids is 1. The maximum atomic E-state index is 12.9. The highest BCUT2D eigenvalue weighted by Gasteiger charge is 2.37. The smallest absolute Gasteiger partial charge is 0.407 e. The highest BCUT2D eigenvalue weighted by molar-refractivity contribution is 5.68. The number of rotatable bonds is 5. The minimum absolute atomic E-state index is 0.0625. The van der Waals surface area contributed by atoms with Gasteiger partial charge < -0.3 is 15.4 Å². The lowest BCUT2D eigenvalue weighted by molar-refractivity contribution is -0.141. The second-order valence-electron chi connectivity index (χ2n) is 7.46. The van der Waals surface area contributed by atoms with Crippen molar-refractivity contribution in [3.63, 3.8) is 0 Å². The van der Waals surface area contributed by atoms with E-state index in [1.165, 1.54) is 0 Å². The second-order valence-corrected chi connectivity index (χ2v) is 7.46. The molecule has 1 aliphatic rings. The van der Waals surface area contributed by atoms with Crippen molar-refractivity contribution in [1.29, 1.82) is 0 Å². The summed E-state index contributed by atoms with van der Waals surface area (Å²) in [6, 6.07) is 7.70. The van der Waals surface area contributed by atoms with Crippen LogP contribution < -0.4 is 10.6 Å². The van der Waals surface area contributed by atoms with Crippen molar-refractivity contribution in [1.82, 2.24) is 10.6 Å². The fraction of sp³-hybridized carbons (Fsp3) is 0.611. The van der Waals surface area contributed by atoms with Crippen LogP contribution in [0.1, 0.15) is 51.6 Å². The number of carbonyl (C=O) groups is 1. The quantitative estimate of drug-likeness (QED) is 0.824. The van der Waals surface area contributed by atoms with Gasteiger partial charge in [-0.25, -0.2) is 4.79 Å². The van der Waals surface area contributed by atoms with Crippen molar-refractivity contribution in [2.45, 2.75) is 69.9 Å². The summed E-state index contributed by atoms with van der Waals surface area (Å²) in [6.45, 7) is 5.33. The maximum Gasteiger partial charge on any atom is 0.407 e. The molecule has 2 rings (SSSR count). The van der Waals surface area contributed by atoms with E-state index in [4.69, 9.17) is 4.74 Å². The Kier molecular flexibility index (Phi) is 5.98. The summed E-state index contributed by atoms with van der Waals surface area (Å²) in [5, 5.41) is 5.81. The molecular formula is C18H25F3N2O2. The minimum atomic E-state index is -4.24. The normalized spacial score (nSPS) is 22.0. The van der Waals surface area contributed by atoms with E-state index in [0.29, 0.717) is 18.4 Å². The van der Waals surface area contributed by atoms with Crippen LogP contribution in [0.5, 0.6) is 0 Å². The second kappa shape index (κ2) is 7.64. The molecule has 1 saturated carbocycles. The monoisotopic (exact) mass is 358 g/mol. The molecule has 2 N–H and O–H groups in total.